The number of hydrogen-bond donors (Lipinski definition) is 0. The number of anilines is 2. The van der Waals surface area contributed by atoms with Gasteiger partial charge in [0, 0.05) is 45.0 Å². The molecule has 0 unspecified atom stereocenters. The van der Waals surface area contributed by atoms with E-state index < -0.39 is 0 Å². The van der Waals surface area contributed by atoms with Crippen molar-refractivity contribution in [2.45, 2.75) is 26.2 Å². The Kier molecular flexibility index (Phi) is 4.05. The molecule has 1 saturated heterocycles. The number of piperazine rings is 1. The van der Waals surface area contributed by atoms with Crippen LogP contribution in [0.1, 0.15) is 25.3 Å². The molecule has 2 aliphatic heterocycles. The second kappa shape index (κ2) is 5.97. The van der Waals surface area contributed by atoms with Crippen LogP contribution in [0.3, 0.4) is 0 Å². The third-order valence-electron chi connectivity index (χ3n) is 4.35. The minimum absolute atomic E-state index is 0.0980. The summed E-state index contributed by atoms with van der Waals surface area (Å²) in [6, 6.07) is 0. The van der Waals surface area contributed by atoms with Gasteiger partial charge in [0.25, 0.3) is 0 Å². The van der Waals surface area contributed by atoms with E-state index in [2.05, 4.69) is 26.7 Å². The van der Waals surface area contributed by atoms with Gasteiger partial charge in [-0.1, -0.05) is 13.3 Å². The van der Waals surface area contributed by atoms with Gasteiger partial charge in [0.15, 0.2) is 0 Å². The van der Waals surface area contributed by atoms with Crippen molar-refractivity contribution >= 4 is 17.7 Å². The third kappa shape index (κ3) is 2.85. The quantitative estimate of drug-likeness (QED) is 0.825. The van der Waals surface area contributed by atoms with E-state index >= 15 is 0 Å². The second-order valence-electron chi connectivity index (χ2n) is 5.83. The number of unbranched alkanes of at least 4 members (excludes halogenated alkanes) is 1. The molecule has 3 rings (SSSR count). The lowest BCUT2D eigenvalue weighted by Gasteiger charge is -2.34. The summed E-state index contributed by atoms with van der Waals surface area (Å²) in [4.78, 5) is 27.1. The van der Waals surface area contributed by atoms with Gasteiger partial charge in [-0.2, -0.15) is 4.98 Å². The zero-order chi connectivity index (χ0) is 14.8. The van der Waals surface area contributed by atoms with Crippen LogP contribution in [-0.2, 0) is 11.2 Å². The molecule has 2 aliphatic rings. The Morgan fingerprint density at radius 3 is 2.71 bits per heavy atom. The summed E-state index contributed by atoms with van der Waals surface area (Å²) in [5.41, 5.74) is 0.938. The fourth-order valence-corrected chi connectivity index (χ4v) is 2.91. The summed E-state index contributed by atoms with van der Waals surface area (Å²) in [7, 11) is 1.79. The molecule has 0 N–H and O–H groups in total. The van der Waals surface area contributed by atoms with E-state index in [1.165, 1.54) is 19.4 Å². The number of likely N-dealkylation sites (N-methyl/N-ethyl adjacent to an activating group) is 1. The standard InChI is InChI=1S/C15H23N5O/c1-3-4-5-19-6-8-20(9-7-19)15-16-11-12-10-13(21)18(2)14(12)17-15/h11H,3-10H2,1-2H3. The summed E-state index contributed by atoms with van der Waals surface area (Å²) < 4.78 is 0. The molecule has 21 heavy (non-hydrogen) atoms. The van der Waals surface area contributed by atoms with Gasteiger partial charge in [-0.05, 0) is 13.0 Å². The van der Waals surface area contributed by atoms with E-state index in [1.807, 2.05) is 6.20 Å². The lowest BCUT2D eigenvalue weighted by atomic mass is 10.2. The minimum atomic E-state index is 0.0980. The minimum Gasteiger partial charge on any atom is -0.338 e. The highest BCUT2D eigenvalue weighted by molar-refractivity contribution is 5.99. The van der Waals surface area contributed by atoms with Crippen LogP contribution < -0.4 is 9.80 Å². The summed E-state index contributed by atoms with van der Waals surface area (Å²) in [6.45, 7) is 7.46. The molecule has 1 aromatic heterocycles. The van der Waals surface area contributed by atoms with Crippen LogP contribution in [-0.4, -0.2) is 60.5 Å². The Balaban J connectivity index is 1.65. The van der Waals surface area contributed by atoms with Crippen molar-refractivity contribution < 1.29 is 4.79 Å². The lowest BCUT2D eigenvalue weighted by molar-refractivity contribution is -0.117. The molecular weight excluding hydrogens is 266 g/mol. The van der Waals surface area contributed by atoms with Crippen molar-refractivity contribution in [3.8, 4) is 0 Å². The highest BCUT2D eigenvalue weighted by Crippen LogP contribution is 2.26. The largest absolute Gasteiger partial charge is 0.338 e. The maximum atomic E-state index is 11.7. The number of rotatable bonds is 4. The van der Waals surface area contributed by atoms with Gasteiger partial charge >= 0.3 is 0 Å². The molecule has 0 aliphatic carbocycles. The molecule has 114 valence electrons. The maximum absolute atomic E-state index is 11.7. The van der Waals surface area contributed by atoms with Crippen LogP contribution in [0.25, 0.3) is 0 Å². The smallest absolute Gasteiger partial charge is 0.232 e. The molecule has 0 atom stereocenters. The zero-order valence-electron chi connectivity index (χ0n) is 12.9. The van der Waals surface area contributed by atoms with E-state index in [0.717, 1.165) is 43.5 Å². The topological polar surface area (TPSA) is 52.6 Å². The number of hydrogen-bond acceptors (Lipinski definition) is 5. The molecule has 3 heterocycles. The van der Waals surface area contributed by atoms with Crippen LogP contribution in [0.5, 0.6) is 0 Å². The Hall–Kier alpha value is -1.69. The normalized spacial score (nSPS) is 19.2. The molecule has 0 radical (unpaired) electrons. The van der Waals surface area contributed by atoms with Gasteiger partial charge in [0.1, 0.15) is 5.82 Å². The first-order valence-electron chi connectivity index (χ1n) is 7.79. The van der Waals surface area contributed by atoms with Crippen LogP contribution in [0.15, 0.2) is 6.20 Å². The first kappa shape index (κ1) is 14.3. The van der Waals surface area contributed by atoms with E-state index in [-0.39, 0.29) is 5.91 Å². The van der Waals surface area contributed by atoms with Gasteiger partial charge in [0.2, 0.25) is 11.9 Å². The molecule has 0 bridgehead atoms. The zero-order valence-corrected chi connectivity index (χ0v) is 12.9. The molecule has 1 amide bonds. The van der Waals surface area contributed by atoms with Crippen LogP contribution in [0.2, 0.25) is 0 Å². The van der Waals surface area contributed by atoms with Crippen molar-refractivity contribution in [1.82, 2.24) is 14.9 Å². The average Bonchev–Trinajstić information content (AvgIpc) is 2.80. The molecule has 1 aromatic rings. The summed E-state index contributed by atoms with van der Waals surface area (Å²) >= 11 is 0. The Labute approximate surface area is 125 Å². The molecule has 0 aromatic carbocycles. The molecule has 6 heteroatoms. The van der Waals surface area contributed by atoms with Crippen molar-refractivity contribution in [3.63, 3.8) is 0 Å². The maximum Gasteiger partial charge on any atom is 0.232 e. The Morgan fingerprint density at radius 2 is 2.00 bits per heavy atom. The fraction of sp³-hybridized carbons (Fsp3) is 0.667. The number of nitrogens with zero attached hydrogens (tertiary/aromatic N) is 5. The SMILES string of the molecule is CCCCN1CCN(c2ncc3c(n2)N(C)C(=O)C3)CC1. The fourth-order valence-electron chi connectivity index (χ4n) is 2.91. The van der Waals surface area contributed by atoms with Gasteiger partial charge in [0.05, 0.1) is 6.42 Å². The van der Waals surface area contributed by atoms with E-state index in [9.17, 15) is 4.79 Å². The molecular formula is C15H23N5O. The number of fused-ring (bicyclic) bond motifs is 1. The predicted octanol–water partition coefficient (Wildman–Crippen LogP) is 0.918. The number of aromatic nitrogens is 2. The van der Waals surface area contributed by atoms with E-state index in [4.69, 9.17) is 0 Å². The Morgan fingerprint density at radius 1 is 1.24 bits per heavy atom. The molecule has 0 spiro atoms. The Bertz CT molecular complexity index is 525. The van der Waals surface area contributed by atoms with Gasteiger partial charge in [-0.15, -0.1) is 0 Å². The van der Waals surface area contributed by atoms with Gasteiger partial charge in [-0.3, -0.25) is 14.6 Å². The van der Waals surface area contributed by atoms with Crippen LogP contribution in [0, 0.1) is 0 Å². The summed E-state index contributed by atoms with van der Waals surface area (Å²) in [6.07, 6.45) is 4.75. The monoisotopic (exact) mass is 289 g/mol. The first-order chi connectivity index (χ1) is 10.2. The molecule has 6 nitrogen and oxygen atoms in total. The third-order valence-corrected chi connectivity index (χ3v) is 4.35. The number of carbonyl (C=O) groups is 1. The van der Waals surface area contributed by atoms with Crippen LogP contribution >= 0.6 is 0 Å². The van der Waals surface area contributed by atoms with Crippen molar-refractivity contribution in [2.24, 2.45) is 0 Å². The summed E-state index contributed by atoms with van der Waals surface area (Å²) in [5.74, 6) is 1.63. The highest BCUT2D eigenvalue weighted by Gasteiger charge is 2.27. The van der Waals surface area contributed by atoms with Gasteiger partial charge in [-0.25, -0.2) is 4.98 Å². The number of carbonyl (C=O) groups excluding carboxylic acids is 1. The average molecular weight is 289 g/mol. The number of amides is 1. The van der Waals surface area contributed by atoms with Gasteiger partial charge < -0.3 is 4.90 Å². The van der Waals surface area contributed by atoms with Crippen molar-refractivity contribution in [1.29, 1.82) is 0 Å². The van der Waals surface area contributed by atoms with E-state index in [1.54, 1.807) is 11.9 Å². The first-order valence-corrected chi connectivity index (χ1v) is 7.79. The van der Waals surface area contributed by atoms with Crippen molar-refractivity contribution in [2.75, 3.05) is 49.6 Å². The van der Waals surface area contributed by atoms with E-state index in [0.29, 0.717) is 6.42 Å². The van der Waals surface area contributed by atoms with Crippen LogP contribution in [0.4, 0.5) is 11.8 Å². The molecule has 0 saturated carbocycles. The predicted molar refractivity (Wildman–Crippen MR) is 82.7 cm³/mol. The second-order valence-corrected chi connectivity index (χ2v) is 5.83. The van der Waals surface area contributed by atoms with Crippen molar-refractivity contribution in [3.05, 3.63) is 11.8 Å². The summed E-state index contributed by atoms with van der Waals surface area (Å²) in [5, 5.41) is 0. The highest BCUT2D eigenvalue weighted by atomic mass is 16.2. The molecule has 1 fully saturated rings. The lowest BCUT2D eigenvalue weighted by Crippen LogP contribution is -2.47.